The number of carbonyl (C=O) groups is 1. The van der Waals surface area contributed by atoms with Crippen molar-refractivity contribution in [2.75, 3.05) is 6.61 Å². The molecule has 0 spiro atoms. The lowest BCUT2D eigenvalue weighted by molar-refractivity contribution is -0.145. The molecule has 1 atom stereocenters. The lowest BCUT2D eigenvalue weighted by atomic mass is 10.00. The van der Waals surface area contributed by atoms with Gasteiger partial charge in [0.15, 0.2) is 0 Å². The molecule has 0 aromatic heterocycles. The molecule has 0 rings (SSSR count). The van der Waals surface area contributed by atoms with Gasteiger partial charge in [0.05, 0.1) is 18.6 Å². The molecule has 2 N–H and O–H groups in total. The monoisotopic (exact) mass is 227 g/mol. The van der Waals surface area contributed by atoms with Gasteiger partial charge in [-0.25, -0.2) is 0 Å². The minimum absolute atomic E-state index is 0.290. The maximum atomic E-state index is 11.8. The first-order valence-electron chi connectivity index (χ1n) is 4.71. The molecule has 90 valence electrons. The smallest absolute Gasteiger partial charge is 0.389 e. The quantitative estimate of drug-likeness (QED) is 0.749. The summed E-state index contributed by atoms with van der Waals surface area (Å²) in [5.74, 6) is -0.689. The third-order valence-corrected chi connectivity index (χ3v) is 2.21. The molecule has 0 saturated heterocycles. The topological polar surface area (TPSA) is 49.3 Å². The Morgan fingerprint density at radius 1 is 1.40 bits per heavy atom. The number of hydrogen-bond donors (Lipinski definition) is 2. The third kappa shape index (κ3) is 6.33. The number of halogens is 3. The van der Waals surface area contributed by atoms with Gasteiger partial charge >= 0.3 is 6.18 Å². The molecule has 0 radical (unpaired) electrons. The van der Waals surface area contributed by atoms with E-state index in [2.05, 4.69) is 5.32 Å². The lowest BCUT2D eigenvalue weighted by Gasteiger charge is -2.27. The van der Waals surface area contributed by atoms with Crippen LogP contribution in [0.3, 0.4) is 0 Å². The maximum Gasteiger partial charge on any atom is 0.389 e. The Hall–Kier alpha value is -0.780. The fourth-order valence-electron chi connectivity index (χ4n) is 0.894. The second kappa shape index (κ2) is 5.34. The molecule has 1 unspecified atom stereocenters. The zero-order chi connectivity index (χ0) is 12.1. The van der Waals surface area contributed by atoms with Crippen molar-refractivity contribution in [3.8, 4) is 0 Å². The van der Waals surface area contributed by atoms with Crippen LogP contribution in [0.1, 0.15) is 33.1 Å². The van der Waals surface area contributed by atoms with E-state index in [1.165, 1.54) is 0 Å². The van der Waals surface area contributed by atoms with E-state index in [-0.39, 0.29) is 6.61 Å². The van der Waals surface area contributed by atoms with Crippen molar-refractivity contribution in [3.63, 3.8) is 0 Å². The summed E-state index contributed by atoms with van der Waals surface area (Å²) in [5, 5.41) is 11.3. The van der Waals surface area contributed by atoms with Gasteiger partial charge in [0.25, 0.3) is 0 Å². The largest absolute Gasteiger partial charge is 0.394 e. The van der Waals surface area contributed by atoms with E-state index in [4.69, 9.17) is 5.11 Å². The lowest BCUT2D eigenvalue weighted by Crippen LogP contribution is -2.48. The number of hydrogen-bond acceptors (Lipinski definition) is 2. The van der Waals surface area contributed by atoms with E-state index in [0.717, 1.165) is 0 Å². The van der Waals surface area contributed by atoms with Crippen molar-refractivity contribution in [1.29, 1.82) is 0 Å². The molecule has 0 fully saturated rings. The molecule has 0 aliphatic rings. The van der Waals surface area contributed by atoms with Gasteiger partial charge in [-0.3, -0.25) is 4.79 Å². The third-order valence-electron chi connectivity index (χ3n) is 2.21. The van der Waals surface area contributed by atoms with Crippen LogP contribution in [0, 0.1) is 0 Å². The van der Waals surface area contributed by atoms with Crippen LogP contribution in [0.5, 0.6) is 0 Å². The van der Waals surface area contributed by atoms with Crippen LogP contribution >= 0.6 is 0 Å². The Morgan fingerprint density at radius 2 is 1.93 bits per heavy atom. The van der Waals surface area contributed by atoms with Gasteiger partial charge in [-0.15, -0.1) is 0 Å². The van der Waals surface area contributed by atoms with E-state index >= 15 is 0 Å². The Kier molecular flexibility index (Phi) is 5.07. The summed E-state index contributed by atoms with van der Waals surface area (Å²) >= 11 is 0. The Balaban J connectivity index is 4.04. The summed E-state index contributed by atoms with van der Waals surface area (Å²) in [6, 6.07) is 0. The zero-order valence-electron chi connectivity index (χ0n) is 8.82. The van der Waals surface area contributed by atoms with Crippen LogP contribution in [-0.4, -0.2) is 29.3 Å². The Morgan fingerprint density at radius 3 is 2.27 bits per heavy atom. The molecule has 3 nitrogen and oxygen atoms in total. The summed E-state index contributed by atoms with van der Waals surface area (Å²) in [5.41, 5.74) is -0.831. The Labute approximate surface area is 86.7 Å². The van der Waals surface area contributed by atoms with Crippen LogP contribution in [0.25, 0.3) is 0 Å². The summed E-state index contributed by atoms with van der Waals surface area (Å²) in [6.45, 7) is 3.03. The van der Waals surface area contributed by atoms with Crippen molar-refractivity contribution in [1.82, 2.24) is 5.32 Å². The van der Waals surface area contributed by atoms with Crippen molar-refractivity contribution in [2.45, 2.75) is 44.8 Å². The normalized spacial score (nSPS) is 15.9. The predicted octanol–water partition coefficient (Wildman–Crippen LogP) is 1.61. The maximum absolute atomic E-state index is 11.8. The van der Waals surface area contributed by atoms with Gasteiger partial charge in [-0.2, -0.15) is 13.2 Å². The molecule has 1 amide bonds. The van der Waals surface area contributed by atoms with E-state index in [9.17, 15) is 18.0 Å². The molecule has 0 aliphatic carbocycles. The minimum Gasteiger partial charge on any atom is -0.394 e. The van der Waals surface area contributed by atoms with Crippen molar-refractivity contribution in [3.05, 3.63) is 0 Å². The SMILES string of the molecule is CCC(C)(CO)NC(=O)CCC(F)(F)F. The average molecular weight is 227 g/mol. The van der Waals surface area contributed by atoms with Crippen LogP contribution in [0.15, 0.2) is 0 Å². The molecule has 0 bridgehead atoms. The number of alkyl halides is 3. The number of carbonyl (C=O) groups excluding carboxylic acids is 1. The minimum atomic E-state index is -4.32. The van der Waals surface area contributed by atoms with Gasteiger partial charge in [-0.05, 0) is 13.3 Å². The fraction of sp³-hybridized carbons (Fsp3) is 0.889. The molecular formula is C9H16F3NO2. The summed E-state index contributed by atoms with van der Waals surface area (Å²) in [6.07, 6.45) is -5.59. The highest BCUT2D eigenvalue weighted by atomic mass is 19.4. The fourth-order valence-corrected chi connectivity index (χ4v) is 0.894. The van der Waals surface area contributed by atoms with Crippen LogP contribution < -0.4 is 5.32 Å². The first-order chi connectivity index (χ1) is 6.72. The van der Waals surface area contributed by atoms with Gasteiger partial charge in [0.2, 0.25) is 5.91 Å². The molecule has 0 heterocycles. The van der Waals surface area contributed by atoms with E-state index in [1.807, 2.05) is 0 Å². The first-order valence-corrected chi connectivity index (χ1v) is 4.71. The highest BCUT2D eigenvalue weighted by molar-refractivity contribution is 5.76. The zero-order valence-corrected chi connectivity index (χ0v) is 8.82. The van der Waals surface area contributed by atoms with E-state index < -0.39 is 30.5 Å². The van der Waals surface area contributed by atoms with E-state index in [0.29, 0.717) is 6.42 Å². The standard InChI is InChI=1S/C9H16F3NO2/c1-3-8(2,6-14)13-7(15)4-5-9(10,11)12/h14H,3-6H2,1-2H3,(H,13,15). The number of aliphatic hydroxyl groups is 1. The second-order valence-corrected chi connectivity index (χ2v) is 3.74. The van der Waals surface area contributed by atoms with Gasteiger partial charge < -0.3 is 10.4 Å². The van der Waals surface area contributed by atoms with Crippen LogP contribution in [-0.2, 0) is 4.79 Å². The van der Waals surface area contributed by atoms with E-state index in [1.54, 1.807) is 13.8 Å². The van der Waals surface area contributed by atoms with Crippen LogP contribution in [0.2, 0.25) is 0 Å². The summed E-state index contributed by atoms with van der Waals surface area (Å²) in [7, 11) is 0. The molecule has 0 aliphatic heterocycles. The predicted molar refractivity (Wildman–Crippen MR) is 49.2 cm³/mol. The van der Waals surface area contributed by atoms with Crippen molar-refractivity contribution < 1.29 is 23.1 Å². The van der Waals surface area contributed by atoms with Crippen LogP contribution in [0.4, 0.5) is 13.2 Å². The first kappa shape index (κ1) is 14.2. The molecular weight excluding hydrogens is 211 g/mol. The molecule has 6 heteroatoms. The van der Waals surface area contributed by atoms with Gasteiger partial charge in [0.1, 0.15) is 0 Å². The average Bonchev–Trinajstić information content (AvgIpc) is 2.13. The van der Waals surface area contributed by atoms with Crippen molar-refractivity contribution >= 4 is 5.91 Å². The number of amides is 1. The Bertz CT molecular complexity index is 212. The van der Waals surface area contributed by atoms with Crippen molar-refractivity contribution in [2.24, 2.45) is 0 Å². The number of aliphatic hydroxyl groups excluding tert-OH is 1. The van der Waals surface area contributed by atoms with Gasteiger partial charge in [-0.1, -0.05) is 6.92 Å². The number of nitrogens with one attached hydrogen (secondary N) is 1. The number of rotatable bonds is 5. The summed E-state index contributed by atoms with van der Waals surface area (Å²) in [4.78, 5) is 11.1. The molecule has 0 saturated carbocycles. The highest BCUT2D eigenvalue weighted by Gasteiger charge is 2.29. The summed E-state index contributed by atoms with van der Waals surface area (Å²) < 4.78 is 35.3. The molecule has 0 aromatic rings. The highest BCUT2D eigenvalue weighted by Crippen LogP contribution is 2.21. The second-order valence-electron chi connectivity index (χ2n) is 3.74. The molecule has 0 aromatic carbocycles. The molecule has 15 heavy (non-hydrogen) atoms. The van der Waals surface area contributed by atoms with Gasteiger partial charge in [0, 0.05) is 6.42 Å².